The van der Waals surface area contributed by atoms with Crippen molar-refractivity contribution in [1.82, 2.24) is 5.32 Å². The first-order chi connectivity index (χ1) is 15.9. The molecule has 0 saturated carbocycles. The first-order valence-corrected chi connectivity index (χ1v) is 10.3. The third-order valence-electron chi connectivity index (χ3n) is 4.92. The Labute approximate surface area is 191 Å². The lowest BCUT2D eigenvalue weighted by Gasteiger charge is -2.17. The van der Waals surface area contributed by atoms with E-state index in [9.17, 15) is 19.7 Å². The summed E-state index contributed by atoms with van der Waals surface area (Å²) < 4.78 is 10.6. The van der Waals surface area contributed by atoms with E-state index in [4.69, 9.17) is 9.47 Å². The normalized spacial score (nSPS) is 11.3. The quantitative estimate of drug-likeness (QED) is 0.288. The van der Waals surface area contributed by atoms with Gasteiger partial charge in [-0.3, -0.25) is 14.9 Å². The SMILES string of the molecule is COC(=O)[C@H](Cc1ccc(OCc2ccccc2)cc1)NC(=O)Cc1cccc([N+](=O)[O-])c1. The Morgan fingerprint density at radius 2 is 1.64 bits per heavy atom. The van der Waals surface area contributed by atoms with Crippen LogP contribution < -0.4 is 10.1 Å². The summed E-state index contributed by atoms with van der Waals surface area (Å²) in [5.41, 5.74) is 2.25. The largest absolute Gasteiger partial charge is 0.489 e. The van der Waals surface area contributed by atoms with Gasteiger partial charge < -0.3 is 14.8 Å². The molecule has 1 amide bonds. The highest BCUT2D eigenvalue weighted by atomic mass is 16.6. The minimum Gasteiger partial charge on any atom is -0.489 e. The van der Waals surface area contributed by atoms with Crippen LogP contribution in [0.4, 0.5) is 5.69 Å². The number of methoxy groups -OCH3 is 1. The summed E-state index contributed by atoms with van der Waals surface area (Å²) in [6.07, 6.45) is 0.133. The summed E-state index contributed by atoms with van der Waals surface area (Å²) in [7, 11) is 1.25. The number of rotatable bonds is 10. The molecule has 0 aliphatic carbocycles. The Bertz CT molecular complexity index is 1100. The second-order valence-corrected chi connectivity index (χ2v) is 7.37. The van der Waals surface area contributed by atoms with Gasteiger partial charge in [0.2, 0.25) is 5.91 Å². The van der Waals surface area contributed by atoms with Crippen LogP contribution in [0.25, 0.3) is 0 Å². The van der Waals surface area contributed by atoms with Crippen LogP contribution in [-0.4, -0.2) is 30.0 Å². The number of esters is 1. The number of non-ortho nitro benzene ring substituents is 1. The third-order valence-corrected chi connectivity index (χ3v) is 4.92. The lowest BCUT2D eigenvalue weighted by Crippen LogP contribution is -2.43. The summed E-state index contributed by atoms with van der Waals surface area (Å²) in [6, 6.07) is 22.0. The first-order valence-electron chi connectivity index (χ1n) is 10.3. The number of nitro groups is 1. The van der Waals surface area contributed by atoms with Crippen molar-refractivity contribution in [2.45, 2.75) is 25.5 Å². The Kier molecular flexibility index (Phi) is 8.13. The highest BCUT2D eigenvalue weighted by Gasteiger charge is 2.22. The maximum atomic E-state index is 12.5. The fourth-order valence-corrected chi connectivity index (χ4v) is 3.24. The summed E-state index contributed by atoms with van der Waals surface area (Å²) in [4.78, 5) is 35.1. The van der Waals surface area contributed by atoms with Gasteiger partial charge in [0, 0.05) is 18.6 Å². The maximum absolute atomic E-state index is 12.5. The number of amides is 1. The van der Waals surface area contributed by atoms with Crippen molar-refractivity contribution in [2.24, 2.45) is 0 Å². The molecule has 0 bridgehead atoms. The Balaban J connectivity index is 1.59. The minimum atomic E-state index is -0.891. The molecular weight excluding hydrogens is 424 g/mol. The maximum Gasteiger partial charge on any atom is 0.328 e. The standard InChI is InChI=1S/C25H24N2O6/c1-32-25(29)23(26-24(28)16-20-8-5-9-21(14-20)27(30)31)15-18-10-12-22(13-11-18)33-17-19-6-3-2-4-7-19/h2-14,23H,15-17H2,1H3,(H,26,28)/t23-/m0/s1. The predicted molar refractivity (Wildman–Crippen MR) is 122 cm³/mol. The molecule has 3 aromatic rings. The molecule has 0 radical (unpaired) electrons. The van der Waals surface area contributed by atoms with E-state index in [2.05, 4.69) is 5.32 Å². The zero-order valence-corrected chi connectivity index (χ0v) is 18.1. The predicted octanol–water partition coefficient (Wildman–Crippen LogP) is 3.62. The van der Waals surface area contributed by atoms with Crippen LogP contribution in [0.1, 0.15) is 16.7 Å². The zero-order chi connectivity index (χ0) is 23.6. The molecule has 0 heterocycles. The van der Waals surface area contributed by atoms with Crippen molar-refractivity contribution < 1.29 is 24.0 Å². The number of hydrogen-bond donors (Lipinski definition) is 1. The van der Waals surface area contributed by atoms with Crippen molar-refractivity contribution in [2.75, 3.05) is 7.11 Å². The third kappa shape index (κ3) is 7.17. The van der Waals surface area contributed by atoms with E-state index in [0.717, 1.165) is 11.1 Å². The summed E-state index contributed by atoms with van der Waals surface area (Å²) in [5, 5.41) is 13.6. The van der Waals surface area contributed by atoms with Crippen LogP contribution in [0.15, 0.2) is 78.9 Å². The average Bonchev–Trinajstić information content (AvgIpc) is 2.83. The first kappa shape index (κ1) is 23.5. The van der Waals surface area contributed by atoms with Crippen molar-refractivity contribution in [3.05, 3.63) is 106 Å². The number of nitro benzene ring substituents is 1. The van der Waals surface area contributed by atoms with Gasteiger partial charge in [-0.2, -0.15) is 0 Å². The van der Waals surface area contributed by atoms with Crippen molar-refractivity contribution in [1.29, 1.82) is 0 Å². The van der Waals surface area contributed by atoms with Gasteiger partial charge in [-0.1, -0.05) is 54.6 Å². The molecular formula is C25H24N2O6. The van der Waals surface area contributed by atoms with Crippen LogP contribution in [0, 0.1) is 10.1 Å². The van der Waals surface area contributed by atoms with Crippen LogP contribution in [-0.2, 0) is 33.8 Å². The molecule has 8 heteroatoms. The van der Waals surface area contributed by atoms with Crippen LogP contribution in [0.5, 0.6) is 5.75 Å². The molecule has 1 atom stereocenters. The molecule has 170 valence electrons. The van der Waals surface area contributed by atoms with Gasteiger partial charge in [0.1, 0.15) is 18.4 Å². The molecule has 0 spiro atoms. The average molecular weight is 448 g/mol. The minimum absolute atomic E-state index is 0.0958. The molecule has 0 aliphatic heterocycles. The van der Waals surface area contributed by atoms with E-state index in [1.807, 2.05) is 42.5 Å². The highest BCUT2D eigenvalue weighted by molar-refractivity contribution is 5.85. The lowest BCUT2D eigenvalue weighted by atomic mass is 10.0. The number of hydrogen-bond acceptors (Lipinski definition) is 6. The summed E-state index contributed by atoms with van der Waals surface area (Å²) >= 11 is 0. The number of carbonyl (C=O) groups is 2. The Hall–Kier alpha value is -4.20. The monoisotopic (exact) mass is 448 g/mol. The van der Waals surface area contributed by atoms with Crippen LogP contribution in [0.2, 0.25) is 0 Å². The van der Waals surface area contributed by atoms with Crippen molar-refractivity contribution >= 4 is 17.6 Å². The van der Waals surface area contributed by atoms with E-state index in [-0.39, 0.29) is 18.5 Å². The van der Waals surface area contributed by atoms with Gasteiger partial charge in [-0.15, -0.1) is 0 Å². The number of ether oxygens (including phenoxy) is 2. The lowest BCUT2D eigenvalue weighted by molar-refractivity contribution is -0.384. The number of nitrogens with one attached hydrogen (secondary N) is 1. The highest BCUT2D eigenvalue weighted by Crippen LogP contribution is 2.16. The fraction of sp³-hybridized carbons (Fsp3) is 0.200. The van der Waals surface area contributed by atoms with Gasteiger partial charge in [0.05, 0.1) is 18.5 Å². The van der Waals surface area contributed by atoms with Crippen LogP contribution >= 0.6 is 0 Å². The Morgan fingerprint density at radius 1 is 0.939 bits per heavy atom. The summed E-state index contributed by atoms with van der Waals surface area (Å²) in [5.74, 6) is -0.326. The molecule has 0 aliphatic rings. The van der Waals surface area contributed by atoms with E-state index in [1.165, 1.54) is 25.3 Å². The molecule has 3 aromatic carbocycles. The number of nitrogens with zero attached hydrogens (tertiary/aromatic N) is 1. The molecule has 1 N–H and O–H groups in total. The smallest absolute Gasteiger partial charge is 0.328 e. The van der Waals surface area contributed by atoms with E-state index >= 15 is 0 Å². The second-order valence-electron chi connectivity index (χ2n) is 7.37. The summed E-state index contributed by atoms with van der Waals surface area (Å²) in [6.45, 7) is 0.443. The van der Waals surface area contributed by atoms with Crippen LogP contribution in [0.3, 0.4) is 0 Å². The zero-order valence-electron chi connectivity index (χ0n) is 18.1. The molecule has 8 nitrogen and oxygen atoms in total. The Morgan fingerprint density at radius 3 is 2.30 bits per heavy atom. The van der Waals surface area contributed by atoms with Gasteiger partial charge in [0.15, 0.2) is 0 Å². The van der Waals surface area contributed by atoms with E-state index in [1.54, 1.807) is 18.2 Å². The van der Waals surface area contributed by atoms with Gasteiger partial charge in [-0.25, -0.2) is 4.79 Å². The van der Waals surface area contributed by atoms with Gasteiger partial charge in [-0.05, 0) is 28.8 Å². The molecule has 0 unspecified atom stereocenters. The molecule has 0 saturated heterocycles. The topological polar surface area (TPSA) is 108 Å². The van der Waals surface area contributed by atoms with Crippen molar-refractivity contribution in [3.8, 4) is 5.75 Å². The van der Waals surface area contributed by atoms with E-state index < -0.39 is 22.8 Å². The van der Waals surface area contributed by atoms with Gasteiger partial charge in [0.25, 0.3) is 5.69 Å². The second kappa shape index (κ2) is 11.4. The number of carbonyl (C=O) groups excluding carboxylic acids is 2. The molecule has 0 aromatic heterocycles. The van der Waals surface area contributed by atoms with Crippen molar-refractivity contribution in [3.63, 3.8) is 0 Å². The molecule has 33 heavy (non-hydrogen) atoms. The fourth-order valence-electron chi connectivity index (χ4n) is 3.24. The van der Waals surface area contributed by atoms with E-state index in [0.29, 0.717) is 17.9 Å². The van der Waals surface area contributed by atoms with Gasteiger partial charge >= 0.3 is 5.97 Å². The molecule has 3 rings (SSSR count). The molecule has 0 fully saturated rings. The number of benzene rings is 3.